The summed E-state index contributed by atoms with van der Waals surface area (Å²) in [6, 6.07) is 0. The molecule has 6 saturated heterocycles. The highest BCUT2D eigenvalue weighted by Gasteiger charge is 2.73. The number of aliphatic hydroxyl groups is 18. The van der Waals surface area contributed by atoms with Gasteiger partial charge >= 0.3 is 5.97 Å². The Morgan fingerprint density at radius 2 is 1.03 bits per heavy atom. The molecule has 18 N–H and O–H groups in total. The molecule has 0 spiro atoms. The Hall–Kier alpha value is -1.95. The highest BCUT2D eigenvalue weighted by molar-refractivity contribution is 5.80. The van der Waals surface area contributed by atoms with Gasteiger partial charge in [-0.05, 0) is 112 Å². The summed E-state index contributed by atoms with van der Waals surface area (Å²) < 4.78 is 71.4. The fourth-order valence-corrected chi connectivity index (χ4v) is 19.0. The number of allylic oxidation sites excluding steroid dienone is 2. The fraction of sp³-hybridized carbons (Fsp3) is 0.953. The van der Waals surface area contributed by atoms with Crippen LogP contribution in [0.15, 0.2) is 11.6 Å². The Labute approximate surface area is 550 Å². The molecule has 0 aromatic carbocycles. The summed E-state index contributed by atoms with van der Waals surface area (Å²) in [5.74, 6) is -1.92. The van der Waals surface area contributed by atoms with Crippen molar-refractivity contribution in [1.29, 1.82) is 0 Å². The first kappa shape index (κ1) is 74.2. The van der Waals surface area contributed by atoms with Crippen LogP contribution >= 0.6 is 0 Å². The van der Waals surface area contributed by atoms with Crippen molar-refractivity contribution in [2.24, 2.45) is 50.2 Å². The molecule has 95 heavy (non-hydrogen) atoms. The van der Waals surface area contributed by atoms with Gasteiger partial charge in [-0.3, -0.25) is 4.79 Å². The maximum absolute atomic E-state index is 15.5. The first-order valence-corrected chi connectivity index (χ1v) is 33.6. The smallest absolute Gasteiger partial charge is 0.317 e. The number of fused-ring (bicyclic) bond motifs is 7. The minimum Gasteiger partial charge on any atom is -0.432 e. The first-order valence-electron chi connectivity index (χ1n) is 33.6. The summed E-state index contributed by atoms with van der Waals surface area (Å²) in [4.78, 5) is 15.5. The van der Waals surface area contributed by atoms with Crippen LogP contribution in [0.1, 0.15) is 114 Å². The minimum absolute atomic E-state index is 0.103. The lowest BCUT2D eigenvalue weighted by Gasteiger charge is -2.72. The van der Waals surface area contributed by atoms with Gasteiger partial charge in [0.1, 0.15) is 115 Å². The van der Waals surface area contributed by atoms with Crippen LogP contribution in [0.5, 0.6) is 0 Å². The SMILES string of the molecule is CC1OC(OC2C(OC3C(O)COC(OC4C(C)OC(OC5C(OC(=O)C67CCC(C)(C)CC6C6=CCC8C9(C)CC(O)C(OC%10OC(CO)C(O)C(O)C%10O)C(C)(CO)C9CCC8(C)C6(C)CC7O)OCC(O)C5O)C(O)C4O)C3O)OC(C)C(O)C2O)C(O)C(O)C1O. The zero-order valence-electron chi connectivity index (χ0n) is 55.0. The van der Waals surface area contributed by atoms with Gasteiger partial charge in [-0.15, -0.1) is 0 Å². The molecule has 0 aromatic heterocycles. The molecule has 39 atom stereocenters. The van der Waals surface area contributed by atoms with E-state index in [4.69, 9.17) is 56.8 Å². The van der Waals surface area contributed by atoms with Gasteiger partial charge in [0.15, 0.2) is 37.6 Å². The monoisotopic (exact) mass is 1370 g/mol. The van der Waals surface area contributed by atoms with Crippen LogP contribution in [0.2, 0.25) is 0 Å². The van der Waals surface area contributed by atoms with Gasteiger partial charge in [-0.1, -0.05) is 53.2 Å². The third-order valence-corrected chi connectivity index (χ3v) is 24.9. The molecule has 5 aliphatic carbocycles. The van der Waals surface area contributed by atoms with Crippen LogP contribution in [0.25, 0.3) is 0 Å². The standard InChI is InChI=1S/C64H104O31/c1-23-35(71)39(75)43(79)53(86-23)93-50-41(77)36(72)24(2)87-57(50)91-48-30(69)21-84-52(46(48)82)90-47-25(3)88-54(45(81)42(47)78)92-49-37(73)29(68)20-85-56(49)95-58(83)64-15-14-59(4,5)16-27(64)26-10-11-33-60(6)17-28(67)51(94-55-44(80)40(76)38(74)31(19-65)89-55)61(7,22-66)32(60)12-13-62(33,8)63(26,9)18-34(64)70/h10,23-25,27-57,65-82H,11-22H2,1-9H3. The number of ether oxygens (including phenoxy) is 12. The van der Waals surface area contributed by atoms with Gasteiger partial charge in [-0.2, -0.15) is 0 Å². The molecule has 6 heterocycles. The molecule has 31 heteroatoms. The fourth-order valence-electron chi connectivity index (χ4n) is 19.0. The van der Waals surface area contributed by atoms with Crippen LogP contribution in [-0.2, 0) is 61.6 Å². The molecule has 6 aliphatic heterocycles. The molecule has 0 radical (unpaired) electrons. The summed E-state index contributed by atoms with van der Waals surface area (Å²) in [6.07, 6.45) is -45.0. The summed E-state index contributed by atoms with van der Waals surface area (Å²) >= 11 is 0. The van der Waals surface area contributed by atoms with E-state index in [2.05, 4.69) is 40.7 Å². The Morgan fingerprint density at radius 3 is 1.67 bits per heavy atom. The van der Waals surface area contributed by atoms with Crippen LogP contribution in [0, 0.1) is 50.2 Å². The average Bonchev–Trinajstić information content (AvgIpc) is 0.673. The molecule has 11 aliphatic rings. The third kappa shape index (κ3) is 12.4. The number of esters is 1. The Balaban J connectivity index is 0.782. The van der Waals surface area contributed by atoms with Crippen molar-refractivity contribution in [2.75, 3.05) is 26.4 Å². The van der Waals surface area contributed by atoms with Crippen molar-refractivity contribution in [2.45, 2.75) is 304 Å². The van der Waals surface area contributed by atoms with Crippen molar-refractivity contribution < 1.29 is 154 Å². The molecule has 546 valence electrons. The van der Waals surface area contributed by atoms with E-state index in [9.17, 15) is 91.9 Å². The second kappa shape index (κ2) is 27.3. The topological polar surface area (TPSA) is 492 Å². The predicted molar refractivity (Wildman–Crippen MR) is 316 cm³/mol. The zero-order valence-corrected chi connectivity index (χ0v) is 55.0. The quantitative estimate of drug-likeness (QED) is 0.0439. The van der Waals surface area contributed by atoms with E-state index in [-0.39, 0.29) is 36.5 Å². The number of aliphatic hydroxyl groups excluding tert-OH is 18. The van der Waals surface area contributed by atoms with Crippen molar-refractivity contribution in [3.63, 3.8) is 0 Å². The summed E-state index contributed by atoms with van der Waals surface area (Å²) in [7, 11) is 0. The van der Waals surface area contributed by atoms with Gasteiger partial charge in [0.05, 0.1) is 63.1 Å². The molecule has 0 amide bonds. The normalized spacial score (nSPS) is 56.4. The zero-order chi connectivity index (χ0) is 69.5. The number of rotatable bonds is 14. The van der Waals surface area contributed by atoms with E-state index in [0.717, 1.165) is 5.57 Å². The predicted octanol–water partition coefficient (Wildman–Crippen LogP) is -5.11. The van der Waals surface area contributed by atoms with Gasteiger partial charge in [0, 0.05) is 5.41 Å². The van der Waals surface area contributed by atoms with Crippen LogP contribution in [0.3, 0.4) is 0 Å². The number of carbonyl (C=O) groups excluding carboxylic acids is 1. The lowest BCUT2D eigenvalue weighted by Crippen LogP contribution is -2.70. The minimum atomic E-state index is -2.04. The van der Waals surface area contributed by atoms with Gasteiger partial charge in [-0.25, -0.2) is 0 Å². The van der Waals surface area contributed by atoms with Crippen LogP contribution in [-0.4, -0.2) is 315 Å². The van der Waals surface area contributed by atoms with Crippen LogP contribution < -0.4 is 0 Å². The van der Waals surface area contributed by atoms with Crippen molar-refractivity contribution in [3.05, 3.63) is 11.6 Å². The highest BCUT2D eigenvalue weighted by Crippen LogP contribution is 2.76. The maximum atomic E-state index is 15.5. The molecule has 0 aromatic rings. The lowest BCUT2D eigenvalue weighted by atomic mass is 9.33. The number of hydrogen-bond donors (Lipinski definition) is 18. The van der Waals surface area contributed by atoms with Gasteiger partial charge in [0.25, 0.3) is 0 Å². The highest BCUT2D eigenvalue weighted by atomic mass is 16.8. The first-order chi connectivity index (χ1) is 44.4. The molecular weight excluding hydrogens is 1260 g/mol. The number of hydrogen-bond acceptors (Lipinski definition) is 31. The van der Waals surface area contributed by atoms with Crippen molar-refractivity contribution >= 4 is 5.97 Å². The van der Waals surface area contributed by atoms with Gasteiger partial charge < -0.3 is 149 Å². The second-order valence-corrected chi connectivity index (χ2v) is 31.1. The lowest BCUT2D eigenvalue weighted by molar-refractivity contribution is -0.389. The summed E-state index contributed by atoms with van der Waals surface area (Å²) in [5, 5.41) is 201. The Morgan fingerprint density at radius 1 is 0.495 bits per heavy atom. The summed E-state index contributed by atoms with van der Waals surface area (Å²) in [5.41, 5.74) is -4.13. The van der Waals surface area contributed by atoms with E-state index in [0.29, 0.717) is 32.1 Å². The van der Waals surface area contributed by atoms with E-state index >= 15 is 4.79 Å². The second-order valence-electron chi connectivity index (χ2n) is 31.1. The van der Waals surface area contributed by atoms with E-state index in [1.54, 1.807) is 0 Å². The van der Waals surface area contributed by atoms with E-state index in [1.165, 1.54) is 20.8 Å². The molecule has 31 nitrogen and oxygen atoms in total. The largest absolute Gasteiger partial charge is 0.432 e. The maximum Gasteiger partial charge on any atom is 0.317 e. The van der Waals surface area contributed by atoms with E-state index in [1.807, 2.05) is 6.92 Å². The van der Waals surface area contributed by atoms with Crippen molar-refractivity contribution in [1.82, 2.24) is 0 Å². The third-order valence-electron chi connectivity index (χ3n) is 24.9. The van der Waals surface area contributed by atoms with E-state index < -0.39 is 256 Å². The van der Waals surface area contributed by atoms with Crippen molar-refractivity contribution in [3.8, 4) is 0 Å². The molecule has 39 unspecified atom stereocenters. The average molecular weight is 1370 g/mol. The summed E-state index contributed by atoms with van der Waals surface area (Å²) in [6.45, 7) is 14.4. The molecular formula is C64H104O31. The Kier molecular flexibility index (Phi) is 21.4. The van der Waals surface area contributed by atoms with Crippen LogP contribution in [0.4, 0.5) is 0 Å². The van der Waals surface area contributed by atoms with Gasteiger partial charge in [0.2, 0.25) is 6.29 Å². The number of carbonyl (C=O) groups is 1. The Bertz CT molecular complexity index is 2700. The molecule has 4 saturated carbocycles. The molecule has 0 bridgehead atoms. The molecule has 10 fully saturated rings. The molecule has 11 rings (SSSR count).